The minimum Gasteiger partial charge on any atom is -0.508 e. The van der Waals surface area contributed by atoms with Crippen LogP contribution >= 0.6 is 11.6 Å². The number of carbonyl (C=O) groups is 3. The number of nitrogens with zero attached hydrogens (tertiary/aromatic N) is 1. The molecular weight excluding hydrogens is 542 g/mol. The van der Waals surface area contributed by atoms with Gasteiger partial charge in [-0.3, -0.25) is 9.59 Å². The second-order valence-corrected chi connectivity index (χ2v) is 11.0. The first kappa shape index (κ1) is 31.2. The summed E-state index contributed by atoms with van der Waals surface area (Å²) in [5, 5.41) is 16.1. The van der Waals surface area contributed by atoms with Gasteiger partial charge in [0.1, 0.15) is 23.4 Å². The zero-order valence-corrected chi connectivity index (χ0v) is 24.4. The maximum absolute atomic E-state index is 14.3. The number of halogens is 1. The van der Waals surface area contributed by atoms with Gasteiger partial charge in [0.25, 0.3) is 5.91 Å². The van der Waals surface area contributed by atoms with Crippen molar-refractivity contribution in [1.82, 2.24) is 10.2 Å². The molecule has 0 radical (unpaired) electrons. The summed E-state index contributed by atoms with van der Waals surface area (Å²) in [4.78, 5) is 42.4. The van der Waals surface area contributed by atoms with Crippen molar-refractivity contribution in [2.45, 2.75) is 51.8 Å². The molecule has 3 aromatic carbocycles. The van der Waals surface area contributed by atoms with Crippen LogP contribution in [0.5, 0.6) is 5.75 Å². The molecule has 2 atom stereocenters. The molecule has 216 valence electrons. The van der Waals surface area contributed by atoms with E-state index in [0.717, 1.165) is 11.1 Å². The molecule has 8 nitrogen and oxygen atoms in total. The van der Waals surface area contributed by atoms with E-state index in [1.54, 1.807) is 58.0 Å². The van der Waals surface area contributed by atoms with Gasteiger partial charge in [0.05, 0.1) is 10.7 Å². The zero-order valence-electron chi connectivity index (χ0n) is 23.7. The average molecular weight is 578 g/mol. The van der Waals surface area contributed by atoms with E-state index >= 15 is 0 Å². The van der Waals surface area contributed by atoms with Gasteiger partial charge in [0, 0.05) is 13.0 Å². The molecule has 3 rings (SSSR count). The van der Waals surface area contributed by atoms with E-state index in [-0.39, 0.29) is 18.7 Å². The quantitative estimate of drug-likeness (QED) is 0.249. The van der Waals surface area contributed by atoms with Crippen LogP contribution in [0.3, 0.4) is 0 Å². The van der Waals surface area contributed by atoms with Crippen molar-refractivity contribution >= 4 is 35.2 Å². The Bertz CT molecular complexity index is 1370. The molecule has 0 fully saturated rings. The highest BCUT2D eigenvalue weighted by atomic mass is 35.5. The van der Waals surface area contributed by atoms with Crippen LogP contribution in [0.25, 0.3) is 0 Å². The lowest BCUT2D eigenvalue weighted by atomic mass is 10.00. The normalized spacial score (nSPS) is 12.5. The van der Waals surface area contributed by atoms with E-state index in [4.69, 9.17) is 16.3 Å². The SMILES string of the molecule is C=CCN(C(=O)C(Cc1ccccc1)NC(=O)OC(C)(C)C)C(C(=O)Nc1c(C)cccc1Cl)c1cccc(O)c1. The van der Waals surface area contributed by atoms with Crippen molar-refractivity contribution in [2.24, 2.45) is 0 Å². The van der Waals surface area contributed by atoms with Crippen LogP contribution < -0.4 is 10.6 Å². The van der Waals surface area contributed by atoms with E-state index in [9.17, 15) is 19.5 Å². The first-order chi connectivity index (χ1) is 19.4. The van der Waals surface area contributed by atoms with Crippen molar-refractivity contribution in [3.05, 3.63) is 107 Å². The Morgan fingerprint density at radius 2 is 1.73 bits per heavy atom. The fourth-order valence-electron chi connectivity index (χ4n) is 4.31. The summed E-state index contributed by atoms with van der Waals surface area (Å²) in [6.07, 6.45) is 0.870. The number of amides is 3. The zero-order chi connectivity index (χ0) is 30.2. The molecule has 0 saturated heterocycles. The number of carbonyl (C=O) groups excluding carboxylic acids is 3. The smallest absolute Gasteiger partial charge is 0.408 e. The molecule has 2 unspecified atom stereocenters. The Morgan fingerprint density at radius 1 is 1.05 bits per heavy atom. The van der Waals surface area contributed by atoms with Crippen molar-refractivity contribution < 1.29 is 24.2 Å². The summed E-state index contributed by atoms with van der Waals surface area (Å²) in [6.45, 7) is 10.7. The van der Waals surface area contributed by atoms with Crippen molar-refractivity contribution in [1.29, 1.82) is 0 Å². The molecule has 3 aromatic rings. The average Bonchev–Trinajstić information content (AvgIpc) is 2.89. The number of rotatable bonds is 10. The monoisotopic (exact) mass is 577 g/mol. The molecule has 0 aromatic heterocycles. The summed E-state index contributed by atoms with van der Waals surface area (Å²) in [5.74, 6) is -1.18. The highest BCUT2D eigenvalue weighted by Gasteiger charge is 2.36. The Morgan fingerprint density at radius 3 is 2.34 bits per heavy atom. The Hall–Kier alpha value is -4.30. The molecule has 41 heavy (non-hydrogen) atoms. The van der Waals surface area contributed by atoms with Gasteiger partial charge in [-0.05, 0) is 62.6 Å². The molecule has 0 spiro atoms. The van der Waals surface area contributed by atoms with Crippen LogP contribution in [-0.2, 0) is 20.7 Å². The van der Waals surface area contributed by atoms with Crippen molar-refractivity contribution in [3.63, 3.8) is 0 Å². The minimum atomic E-state index is -1.21. The Kier molecular flexibility index (Phi) is 10.6. The first-order valence-electron chi connectivity index (χ1n) is 13.2. The molecule has 3 amide bonds. The molecule has 0 aliphatic rings. The van der Waals surface area contributed by atoms with Crippen LogP contribution in [-0.4, -0.2) is 46.1 Å². The largest absolute Gasteiger partial charge is 0.508 e. The van der Waals surface area contributed by atoms with E-state index in [2.05, 4.69) is 17.2 Å². The standard InChI is InChI=1S/C32H36ClN3O5/c1-6-18-36(30(39)26(19-22-13-8-7-9-14-22)34-31(40)41-32(3,4)5)28(23-15-11-16-24(37)20-23)29(38)35-27-21(2)12-10-17-25(27)33/h6-17,20,26,28,37H,1,18-19H2,2-5H3,(H,34,40)(H,35,38). The minimum absolute atomic E-state index is 0.0324. The van der Waals surface area contributed by atoms with Gasteiger partial charge in [0.15, 0.2) is 0 Å². The molecule has 0 saturated carbocycles. The number of aromatic hydroxyl groups is 1. The van der Waals surface area contributed by atoms with Crippen LogP contribution in [0.4, 0.5) is 10.5 Å². The number of phenolic OH excluding ortho intramolecular Hbond substituents is 1. The predicted octanol–water partition coefficient (Wildman–Crippen LogP) is 6.18. The van der Waals surface area contributed by atoms with Gasteiger partial charge in [0.2, 0.25) is 5.91 Å². The van der Waals surface area contributed by atoms with Gasteiger partial charge >= 0.3 is 6.09 Å². The molecule has 0 bridgehead atoms. The van der Waals surface area contributed by atoms with Crippen LogP contribution in [0.15, 0.2) is 85.5 Å². The molecule has 0 heterocycles. The van der Waals surface area contributed by atoms with Gasteiger partial charge < -0.3 is 25.4 Å². The molecule has 3 N–H and O–H groups in total. The predicted molar refractivity (Wildman–Crippen MR) is 161 cm³/mol. The van der Waals surface area contributed by atoms with Gasteiger partial charge in [-0.2, -0.15) is 0 Å². The summed E-state index contributed by atoms with van der Waals surface area (Å²) in [7, 11) is 0. The number of phenols is 1. The van der Waals surface area contributed by atoms with Gasteiger partial charge in [-0.25, -0.2) is 4.79 Å². The maximum atomic E-state index is 14.3. The summed E-state index contributed by atoms with van der Waals surface area (Å²) >= 11 is 6.39. The van der Waals surface area contributed by atoms with Gasteiger partial charge in [-0.1, -0.05) is 72.3 Å². The highest BCUT2D eigenvalue weighted by molar-refractivity contribution is 6.34. The lowest BCUT2D eigenvalue weighted by molar-refractivity contribution is -0.140. The summed E-state index contributed by atoms with van der Waals surface area (Å²) < 4.78 is 5.44. The number of anilines is 1. The van der Waals surface area contributed by atoms with Crippen LogP contribution in [0.1, 0.15) is 43.5 Å². The first-order valence-corrected chi connectivity index (χ1v) is 13.6. The maximum Gasteiger partial charge on any atom is 0.408 e. The van der Waals surface area contributed by atoms with Crippen molar-refractivity contribution in [3.8, 4) is 5.75 Å². The third-order valence-corrected chi connectivity index (χ3v) is 6.41. The lowest BCUT2D eigenvalue weighted by Gasteiger charge is -2.34. The van der Waals surface area contributed by atoms with E-state index in [1.807, 2.05) is 30.3 Å². The fourth-order valence-corrected chi connectivity index (χ4v) is 4.58. The second kappa shape index (κ2) is 13.9. The van der Waals surface area contributed by atoms with Crippen molar-refractivity contribution in [2.75, 3.05) is 11.9 Å². The number of hydrogen-bond acceptors (Lipinski definition) is 5. The number of para-hydroxylation sites is 1. The van der Waals surface area contributed by atoms with Crippen LogP contribution in [0, 0.1) is 6.92 Å². The topological polar surface area (TPSA) is 108 Å². The summed E-state index contributed by atoms with van der Waals surface area (Å²) in [6, 6.07) is 18.3. The third kappa shape index (κ3) is 8.85. The number of benzene rings is 3. The molecule has 9 heteroatoms. The number of alkyl carbamates (subject to hydrolysis) is 1. The third-order valence-electron chi connectivity index (χ3n) is 6.10. The van der Waals surface area contributed by atoms with E-state index < -0.39 is 35.6 Å². The highest BCUT2D eigenvalue weighted by Crippen LogP contribution is 2.30. The second-order valence-electron chi connectivity index (χ2n) is 10.6. The van der Waals surface area contributed by atoms with E-state index in [0.29, 0.717) is 16.3 Å². The van der Waals surface area contributed by atoms with Gasteiger partial charge in [-0.15, -0.1) is 6.58 Å². The Balaban J connectivity index is 2.06. The van der Waals surface area contributed by atoms with Crippen LogP contribution in [0.2, 0.25) is 5.02 Å². The van der Waals surface area contributed by atoms with E-state index in [1.165, 1.54) is 23.1 Å². The molecule has 0 aliphatic heterocycles. The Labute approximate surface area is 246 Å². The summed E-state index contributed by atoms with van der Waals surface area (Å²) in [5.41, 5.74) is 1.50. The fraction of sp³-hybridized carbons (Fsp3) is 0.281. The lowest BCUT2D eigenvalue weighted by Crippen LogP contribution is -2.53. The number of ether oxygens (including phenoxy) is 1. The number of aryl methyl sites for hydroxylation is 1. The molecular formula is C32H36ClN3O5. The number of nitrogens with one attached hydrogen (secondary N) is 2. The molecule has 0 aliphatic carbocycles. The number of hydrogen-bond donors (Lipinski definition) is 3.